The number of guanidine groups is 1. The minimum atomic E-state index is 0. The fourth-order valence-electron chi connectivity index (χ4n) is 2.63. The molecule has 0 fully saturated rings. The topological polar surface area (TPSA) is 71.4 Å². The van der Waals surface area contributed by atoms with E-state index in [1.165, 1.54) is 0 Å². The minimum absolute atomic E-state index is 0. The lowest BCUT2D eigenvalue weighted by Crippen LogP contribution is -2.37. The van der Waals surface area contributed by atoms with Gasteiger partial charge in [-0.3, -0.25) is 9.98 Å². The Morgan fingerprint density at radius 3 is 2.47 bits per heavy atom. The van der Waals surface area contributed by atoms with Crippen LogP contribution in [0.25, 0.3) is 0 Å². The maximum Gasteiger partial charge on any atom is 0.191 e. The standard InChI is InChI=1S/C22H24ClN5O.HI/c1-24-22(26-13-11-18-7-10-21(23)27-14-18)28-15-17-5-8-20(9-6-17)29-16-19-4-2-3-12-25-19;/h2-10,12,14H,11,13,15-16H2,1H3,(H2,24,26,28);1H. The van der Waals surface area contributed by atoms with Crippen LogP contribution in [0.4, 0.5) is 0 Å². The van der Waals surface area contributed by atoms with E-state index in [9.17, 15) is 0 Å². The molecule has 0 aliphatic rings. The van der Waals surface area contributed by atoms with E-state index in [2.05, 4.69) is 25.6 Å². The third-order valence-corrected chi connectivity index (χ3v) is 4.44. The average molecular weight is 538 g/mol. The average Bonchev–Trinajstić information content (AvgIpc) is 2.77. The molecule has 2 aromatic heterocycles. The van der Waals surface area contributed by atoms with Gasteiger partial charge in [-0.2, -0.15) is 0 Å². The molecule has 158 valence electrons. The monoisotopic (exact) mass is 537 g/mol. The van der Waals surface area contributed by atoms with Crippen molar-refractivity contribution in [3.8, 4) is 5.75 Å². The van der Waals surface area contributed by atoms with Crippen LogP contribution in [0.15, 0.2) is 72.0 Å². The fourth-order valence-corrected chi connectivity index (χ4v) is 2.74. The van der Waals surface area contributed by atoms with E-state index in [0.717, 1.165) is 41.5 Å². The summed E-state index contributed by atoms with van der Waals surface area (Å²) < 4.78 is 5.76. The van der Waals surface area contributed by atoms with Crippen molar-refractivity contribution in [3.63, 3.8) is 0 Å². The Kier molecular flexibility index (Phi) is 10.4. The predicted molar refractivity (Wildman–Crippen MR) is 132 cm³/mol. The highest BCUT2D eigenvalue weighted by Gasteiger charge is 2.01. The van der Waals surface area contributed by atoms with Crippen LogP contribution in [0.3, 0.4) is 0 Å². The summed E-state index contributed by atoms with van der Waals surface area (Å²) in [5, 5.41) is 7.12. The number of rotatable bonds is 8. The van der Waals surface area contributed by atoms with E-state index in [-0.39, 0.29) is 24.0 Å². The Hall–Kier alpha value is -2.39. The summed E-state index contributed by atoms with van der Waals surface area (Å²) in [6.07, 6.45) is 4.39. The second-order valence-electron chi connectivity index (χ2n) is 6.35. The normalized spacial score (nSPS) is 10.8. The van der Waals surface area contributed by atoms with Crippen molar-refractivity contribution in [2.75, 3.05) is 13.6 Å². The van der Waals surface area contributed by atoms with Crippen LogP contribution in [0.1, 0.15) is 16.8 Å². The molecule has 30 heavy (non-hydrogen) atoms. The van der Waals surface area contributed by atoms with Gasteiger partial charge in [0.15, 0.2) is 5.96 Å². The van der Waals surface area contributed by atoms with Crippen molar-refractivity contribution >= 4 is 41.5 Å². The number of benzene rings is 1. The first-order valence-corrected chi connectivity index (χ1v) is 9.77. The van der Waals surface area contributed by atoms with Gasteiger partial charge >= 0.3 is 0 Å². The van der Waals surface area contributed by atoms with Crippen LogP contribution in [-0.4, -0.2) is 29.5 Å². The van der Waals surface area contributed by atoms with Gasteiger partial charge in [-0.25, -0.2) is 4.98 Å². The molecule has 0 spiro atoms. The summed E-state index contributed by atoms with van der Waals surface area (Å²) >= 11 is 5.81. The van der Waals surface area contributed by atoms with Crippen LogP contribution in [0.2, 0.25) is 5.15 Å². The van der Waals surface area contributed by atoms with E-state index in [0.29, 0.717) is 18.3 Å². The van der Waals surface area contributed by atoms with Crippen molar-refractivity contribution in [2.45, 2.75) is 19.6 Å². The van der Waals surface area contributed by atoms with E-state index in [1.54, 1.807) is 25.5 Å². The molecule has 3 rings (SSSR count). The molecular weight excluding hydrogens is 513 g/mol. The summed E-state index contributed by atoms with van der Waals surface area (Å²) in [7, 11) is 1.76. The van der Waals surface area contributed by atoms with Crippen LogP contribution in [0, 0.1) is 0 Å². The Morgan fingerprint density at radius 1 is 1.00 bits per heavy atom. The molecule has 0 amide bonds. The van der Waals surface area contributed by atoms with Crippen molar-refractivity contribution in [1.29, 1.82) is 0 Å². The smallest absolute Gasteiger partial charge is 0.191 e. The molecular formula is C22H25ClIN5O. The number of aliphatic imine (C=N–C) groups is 1. The summed E-state index contributed by atoms with van der Waals surface area (Å²) in [5.74, 6) is 1.57. The molecule has 0 bridgehead atoms. The predicted octanol–water partition coefficient (Wildman–Crippen LogP) is 4.23. The third kappa shape index (κ3) is 8.16. The maximum absolute atomic E-state index is 5.81. The minimum Gasteiger partial charge on any atom is -0.487 e. The number of halogens is 2. The molecule has 2 N–H and O–H groups in total. The molecule has 8 heteroatoms. The van der Waals surface area contributed by atoms with Gasteiger partial charge in [0.2, 0.25) is 0 Å². The zero-order valence-electron chi connectivity index (χ0n) is 16.7. The van der Waals surface area contributed by atoms with Gasteiger partial charge < -0.3 is 15.4 Å². The molecule has 0 aliphatic heterocycles. The van der Waals surface area contributed by atoms with Gasteiger partial charge in [0.05, 0.1) is 5.69 Å². The molecule has 0 aliphatic carbocycles. The number of ether oxygens (including phenoxy) is 1. The lowest BCUT2D eigenvalue weighted by molar-refractivity contribution is 0.301. The first-order chi connectivity index (χ1) is 14.2. The Labute approximate surface area is 199 Å². The number of nitrogens with zero attached hydrogens (tertiary/aromatic N) is 3. The van der Waals surface area contributed by atoms with Gasteiger partial charge in [0.1, 0.15) is 17.5 Å². The summed E-state index contributed by atoms with van der Waals surface area (Å²) in [4.78, 5) is 12.6. The first-order valence-electron chi connectivity index (χ1n) is 9.39. The van der Waals surface area contributed by atoms with Crippen LogP contribution < -0.4 is 15.4 Å². The van der Waals surface area contributed by atoms with Gasteiger partial charge in [-0.05, 0) is 47.9 Å². The number of aromatic nitrogens is 2. The summed E-state index contributed by atoms with van der Waals surface area (Å²) in [6, 6.07) is 17.6. The first kappa shape index (κ1) is 23.9. The number of hydrogen-bond donors (Lipinski definition) is 2. The van der Waals surface area contributed by atoms with Crippen LogP contribution in [0.5, 0.6) is 5.75 Å². The molecule has 0 saturated carbocycles. The molecule has 0 atom stereocenters. The largest absolute Gasteiger partial charge is 0.487 e. The number of hydrogen-bond acceptors (Lipinski definition) is 4. The van der Waals surface area contributed by atoms with Crippen molar-refractivity contribution < 1.29 is 4.74 Å². The highest BCUT2D eigenvalue weighted by molar-refractivity contribution is 14.0. The molecule has 2 heterocycles. The van der Waals surface area contributed by atoms with E-state index in [4.69, 9.17) is 16.3 Å². The van der Waals surface area contributed by atoms with Crippen molar-refractivity contribution in [3.05, 3.63) is 89.0 Å². The second-order valence-corrected chi connectivity index (χ2v) is 6.73. The highest BCUT2D eigenvalue weighted by atomic mass is 127. The molecule has 0 saturated heterocycles. The Morgan fingerprint density at radius 2 is 1.80 bits per heavy atom. The van der Waals surface area contributed by atoms with Crippen molar-refractivity contribution in [1.82, 2.24) is 20.6 Å². The molecule has 6 nitrogen and oxygen atoms in total. The zero-order valence-corrected chi connectivity index (χ0v) is 19.8. The number of nitrogens with one attached hydrogen (secondary N) is 2. The lowest BCUT2D eigenvalue weighted by Gasteiger charge is -2.12. The third-order valence-electron chi connectivity index (χ3n) is 4.21. The zero-order chi connectivity index (χ0) is 20.3. The Bertz CT molecular complexity index is 905. The second kappa shape index (κ2) is 13.0. The summed E-state index contributed by atoms with van der Waals surface area (Å²) in [6.45, 7) is 1.88. The summed E-state index contributed by atoms with van der Waals surface area (Å²) in [5.41, 5.74) is 3.17. The lowest BCUT2D eigenvalue weighted by atomic mass is 10.2. The SMILES string of the molecule is CN=C(NCCc1ccc(Cl)nc1)NCc1ccc(OCc2ccccn2)cc1.I. The van der Waals surface area contributed by atoms with Crippen LogP contribution in [-0.2, 0) is 19.6 Å². The van der Waals surface area contributed by atoms with Crippen LogP contribution >= 0.6 is 35.6 Å². The van der Waals surface area contributed by atoms with E-state index >= 15 is 0 Å². The van der Waals surface area contributed by atoms with Gasteiger partial charge in [0, 0.05) is 32.5 Å². The molecule has 3 aromatic rings. The quantitative estimate of drug-likeness (QED) is 0.195. The van der Waals surface area contributed by atoms with Gasteiger partial charge in [-0.1, -0.05) is 35.9 Å². The van der Waals surface area contributed by atoms with Crippen molar-refractivity contribution in [2.24, 2.45) is 4.99 Å². The highest BCUT2D eigenvalue weighted by Crippen LogP contribution is 2.13. The van der Waals surface area contributed by atoms with Gasteiger partial charge in [-0.15, -0.1) is 24.0 Å². The fraction of sp³-hybridized carbons (Fsp3) is 0.227. The van der Waals surface area contributed by atoms with E-state index < -0.39 is 0 Å². The number of pyridine rings is 2. The van der Waals surface area contributed by atoms with E-state index in [1.807, 2.05) is 48.5 Å². The Balaban J connectivity index is 0.00000320. The molecule has 1 aromatic carbocycles. The maximum atomic E-state index is 5.81. The molecule has 0 unspecified atom stereocenters. The van der Waals surface area contributed by atoms with Gasteiger partial charge in [0.25, 0.3) is 0 Å². The molecule has 0 radical (unpaired) electrons.